The molecule has 152 valence electrons. The number of piperidine rings is 1. The van der Waals surface area contributed by atoms with Gasteiger partial charge in [0.2, 0.25) is 0 Å². The van der Waals surface area contributed by atoms with E-state index in [1.54, 1.807) is 6.07 Å². The van der Waals surface area contributed by atoms with Gasteiger partial charge in [-0.25, -0.2) is 0 Å². The van der Waals surface area contributed by atoms with Gasteiger partial charge in [0.05, 0.1) is 19.1 Å². The van der Waals surface area contributed by atoms with Gasteiger partial charge in [-0.1, -0.05) is 12.1 Å². The van der Waals surface area contributed by atoms with Crippen molar-refractivity contribution in [2.75, 3.05) is 20.7 Å². The van der Waals surface area contributed by atoms with Crippen LogP contribution in [0.15, 0.2) is 12.1 Å². The van der Waals surface area contributed by atoms with Crippen molar-refractivity contribution < 1.29 is 32.3 Å². The number of hydrogen-bond donors (Lipinski definition) is 2. The average molecular weight is 409 g/mol. The van der Waals surface area contributed by atoms with Gasteiger partial charge in [0.25, 0.3) is 10.1 Å². The molecule has 0 aromatic heterocycles. The summed E-state index contributed by atoms with van der Waals surface area (Å²) >= 11 is 0. The molecule has 4 aliphatic rings. The zero-order valence-electron chi connectivity index (χ0n) is 15.7. The van der Waals surface area contributed by atoms with E-state index in [1.165, 1.54) is 0 Å². The number of likely N-dealkylation sites (tertiary alicyclic amines) is 1. The van der Waals surface area contributed by atoms with Crippen LogP contribution >= 0.6 is 0 Å². The van der Waals surface area contributed by atoms with Crippen LogP contribution < -0.4 is 4.74 Å². The van der Waals surface area contributed by atoms with Crippen molar-refractivity contribution >= 4 is 15.9 Å². The number of likely N-dealkylation sites (N-methyl/N-ethyl adjacent to an activating group) is 1. The minimum atomic E-state index is -4.17. The summed E-state index contributed by atoms with van der Waals surface area (Å²) < 4.78 is 36.5. The topological polar surface area (TPSA) is 113 Å². The molecule has 1 spiro atoms. The van der Waals surface area contributed by atoms with Crippen molar-refractivity contribution in [1.29, 1.82) is 0 Å². The predicted octanol–water partition coefficient (Wildman–Crippen LogP) is -0.513. The number of benzene rings is 1. The summed E-state index contributed by atoms with van der Waals surface area (Å²) in [4.78, 5) is 15.1. The molecule has 0 amide bonds. The third-order valence-corrected chi connectivity index (χ3v) is 9.09. The number of carbonyl (C=O) groups excluding carboxylic acids is 1. The van der Waals surface area contributed by atoms with Crippen molar-refractivity contribution in [1.82, 2.24) is 4.90 Å². The van der Waals surface area contributed by atoms with Crippen LogP contribution in [-0.4, -0.2) is 73.0 Å². The molecule has 1 aromatic carbocycles. The first-order valence-electron chi connectivity index (χ1n) is 9.40. The molecule has 2 heterocycles. The SMILES string of the molecule is COS(=O)(=O)C1CC(=O)[C@@H]2Oc3c(CO)ccc4c3C23CCN(C)C(C4)[C@]13O. The third-order valence-electron chi connectivity index (χ3n) is 7.40. The highest BCUT2D eigenvalue weighted by Crippen LogP contribution is 2.64. The molecule has 8 nitrogen and oxygen atoms in total. The molecule has 28 heavy (non-hydrogen) atoms. The maximum Gasteiger partial charge on any atom is 0.273 e. The summed E-state index contributed by atoms with van der Waals surface area (Å²) in [6, 6.07) is 3.17. The Morgan fingerprint density at radius 1 is 1.36 bits per heavy atom. The van der Waals surface area contributed by atoms with Crippen LogP contribution in [0.2, 0.25) is 0 Å². The number of aliphatic hydroxyl groups is 2. The van der Waals surface area contributed by atoms with E-state index in [0.717, 1.165) is 12.7 Å². The largest absolute Gasteiger partial charge is 0.481 e. The Kier molecular flexibility index (Phi) is 3.66. The standard InChI is InChI=1S/C19H23NO7S/c1-20-6-5-18-15-10-3-4-11(9-21)16(15)27-17(18)12(22)8-14(28(24,25)26-2)19(18,23)13(20)7-10/h3-4,13-14,17,21,23H,5-9H2,1-2H3/t13?,14?,17-,18?,19-/m0/s1. The lowest BCUT2D eigenvalue weighted by atomic mass is 9.48. The van der Waals surface area contributed by atoms with Crippen molar-refractivity contribution in [2.24, 2.45) is 0 Å². The number of hydrogen-bond acceptors (Lipinski definition) is 8. The zero-order chi connectivity index (χ0) is 20.1. The van der Waals surface area contributed by atoms with Gasteiger partial charge in [-0.15, -0.1) is 0 Å². The minimum absolute atomic E-state index is 0.263. The van der Waals surface area contributed by atoms with Gasteiger partial charge in [-0.05, 0) is 32.0 Å². The van der Waals surface area contributed by atoms with E-state index >= 15 is 0 Å². The molecule has 2 fully saturated rings. The Hall–Kier alpha value is -1.52. The molecule has 5 rings (SSSR count). The Morgan fingerprint density at radius 2 is 2.11 bits per heavy atom. The smallest absolute Gasteiger partial charge is 0.273 e. The van der Waals surface area contributed by atoms with Crippen molar-refractivity contribution in [3.8, 4) is 5.75 Å². The highest BCUT2D eigenvalue weighted by Gasteiger charge is 2.77. The fourth-order valence-corrected chi connectivity index (χ4v) is 7.60. The zero-order valence-corrected chi connectivity index (χ0v) is 16.5. The molecule has 2 aliphatic carbocycles. The summed E-state index contributed by atoms with van der Waals surface area (Å²) in [5.74, 6) is 0.0711. The Labute approximate surface area is 163 Å². The number of rotatable bonds is 3. The van der Waals surface area contributed by atoms with Crippen LogP contribution in [-0.2, 0) is 37.5 Å². The lowest BCUT2D eigenvalue weighted by Crippen LogP contribution is -2.81. The molecule has 1 aromatic rings. The number of aliphatic hydroxyl groups excluding tert-OH is 1. The molecule has 5 atom stereocenters. The summed E-state index contributed by atoms with van der Waals surface area (Å²) in [6.45, 7) is 0.337. The van der Waals surface area contributed by atoms with E-state index in [1.807, 2.05) is 18.0 Å². The van der Waals surface area contributed by atoms with Crippen LogP contribution in [0.25, 0.3) is 0 Å². The van der Waals surface area contributed by atoms with Crippen LogP contribution in [0.5, 0.6) is 5.75 Å². The molecular formula is C19H23NO7S. The molecular weight excluding hydrogens is 386 g/mol. The van der Waals surface area contributed by atoms with E-state index in [-0.39, 0.29) is 18.8 Å². The highest BCUT2D eigenvalue weighted by molar-refractivity contribution is 7.87. The predicted molar refractivity (Wildman–Crippen MR) is 97.5 cm³/mol. The number of carbonyl (C=O) groups is 1. The minimum Gasteiger partial charge on any atom is -0.481 e. The lowest BCUT2D eigenvalue weighted by molar-refractivity contribution is -0.183. The van der Waals surface area contributed by atoms with E-state index in [0.29, 0.717) is 36.3 Å². The quantitative estimate of drug-likeness (QED) is 0.642. The maximum atomic E-state index is 13.1. The van der Waals surface area contributed by atoms with Gasteiger partial charge in [0.1, 0.15) is 16.6 Å². The van der Waals surface area contributed by atoms with Crippen LogP contribution in [0.4, 0.5) is 0 Å². The van der Waals surface area contributed by atoms with Gasteiger partial charge in [-0.3, -0.25) is 8.98 Å². The van der Waals surface area contributed by atoms with Crippen LogP contribution in [0.1, 0.15) is 29.5 Å². The van der Waals surface area contributed by atoms with E-state index < -0.39 is 38.5 Å². The molecule has 2 aliphatic heterocycles. The second-order valence-electron chi connectivity index (χ2n) is 8.31. The number of ketones is 1. The Balaban J connectivity index is 1.87. The van der Waals surface area contributed by atoms with Gasteiger partial charge < -0.3 is 19.8 Å². The van der Waals surface area contributed by atoms with Gasteiger partial charge in [-0.2, -0.15) is 8.42 Å². The van der Waals surface area contributed by atoms with Gasteiger partial charge in [0, 0.05) is 23.6 Å². The molecule has 2 bridgehead atoms. The van der Waals surface area contributed by atoms with Crippen molar-refractivity contribution in [3.63, 3.8) is 0 Å². The molecule has 2 N–H and O–H groups in total. The fourth-order valence-electron chi connectivity index (χ4n) is 6.19. The second-order valence-corrected chi connectivity index (χ2v) is 10.2. The van der Waals surface area contributed by atoms with Crippen molar-refractivity contribution in [2.45, 2.75) is 54.3 Å². The normalized spacial score (nSPS) is 38.9. The van der Waals surface area contributed by atoms with Crippen LogP contribution in [0.3, 0.4) is 0 Å². The average Bonchev–Trinajstić information content (AvgIpc) is 3.02. The summed E-state index contributed by atoms with van der Waals surface area (Å²) in [5.41, 5.74) is -0.732. The lowest BCUT2D eigenvalue weighted by Gasteiger charge is -2.63. The molecule has 0 radical (unpaired) electrons. The van der Waals surface area contributed by atoms with Crippen LogP contribution in [0, 0.1) is 0 Å². The summed E-state index contributed by atoms with van der Waals surface area (Å²) in [7, 11) is -1.25. The van der Waals surface area contributed by atoms with Gasteiger partial charge >= 0.3 is 0 Å². The first-order chi connectivity index (χ1) is 13.2. The first-order valence-corrected chi connectivity index (χ1v) is 10.9. The Morgan fingerprint density at radius 3 is 2.79 bits per heavy atom. The molecule has 3 unspecified atom stereocenters. The van der Waals surface area contributed by atoms with E-state index in [4.69, 9.17) is 8.92 Å². The number of Topliss-reactive ketones (excluding diaryl/α,β-unsaturated/α-hetero) is 1. The molecule has 1 saturated heterocycles. The number of nitrogens with zero attached hydrogens (tertiary/aromatic N) is 1. The summed E-state index contributed by atoms with van der Waals surface area (Å²) in [5, 5.41) is 20.6. The van der Waals surface area contributed by atoms with Crippen molar-refractivity contribution in [3.05, 3.63) is 28.8 Å². The van der Waals surface area contributed by atoms with Gasteiger partial charge in [0.15, 0.2) is 11.9 Å². The third kappa shape index (κ3) is 1.85. The Bertz CT molecular complexity index is 992. The van der Waals surface area contributed by atoms with E-state index in [2.05, 4.69) is 0 Å². The number of ether oxygens (including phenoxy) is 1. The molecule has 1 saturated carbocycles. The summed E-state index contributed by atoms with van der Waals surface area (Å²) in [6.07, 6.45) is -0.500. The maximum absolute atomic E-state index is 13.1. The van der Waals surface area contributed by atoms with E-state index in [9.17, 15) is 23.4 Å². The molecule has 9 heteroatoms. The first kappa shape index (κ1) is 18.5. The monoisotopic (exact) mass is 409 g/mol. The fraction of sp³-hybridized carbons (Fsp3) is 0.632. The highest BCUT2D eigenvalue weighted by atomic mass is 32.2. The second kappa shape index (κ2) is 5.54.